The maximum absolute atomic E-state index is 3.68. The first-order chi connectivity index (χ1) is 15.7. The quantitative estimate of drug-likeness (QED) is 0.201. The number of hydrogen-bond donors (Lipinski definition) is 0. The van der Waals surface area contributed by atoms with Crippen LogP contribution in [0.15, 0.2) is 102 Å². The summed E-state index contributed by atoms with van der Waals surface area (Å²) >= 11 is 3.68. The molecule has 2 nitrogen and oxygen atoms in total. The zero-order chi connectivity index (χ0) is 21.5. The molecule has 0 radical (unpaired) electrons. The van der Waals surface area contributed by atoms with Crippen LogP contribution in [-0.4, -0.2) is 4.40 Å². The molecule has 156 valence electrons. The zero-order valence-electron chi connectivity index (χ0n) is 17.8. The summed E-state index contributed by atoms with van der Waals surface area (Å²) in [6, 6.07) is 31.3. The van der Waals surface area contributed by atoms with Gasteiger partial charge in [0.15, 0.2) is 10.1 Å². The Morgan fingerprint density at radius 2 is 1.44 bits per heavy atom. The third-order valence-corrected chi connectivity index (χ3v) is 7.22. The van der Waals surface area contributed by atoms with Gasteiger partial charge >= 0.3 is 0 Å². The van der Waals surface area contributed by atoms with Crippen molar-refractivity contribution >= 4 is 21.4 Å². The molecule has 0 fully saturated rings. The van der Waals surface area contributed by atoms with E-state index in [1.165, 1.54) is 44.6 Å². The highest BCUT2D eigenvalue weighted by atomic mass is 79.9. The number of pyridine rings is 1. The molecule has 9 rings (SSSR count). The lowest BCUT2D eigenvalue weighted by Crippen LogP contribution is -2.29. The number of nitrogens with zero attached hydrogens (tertiary/aromatic N) is 2. The van der Waals surface area contributed by atoms with Gasteiger partial charge in [0.1, 0.15) is 11.9 Å². The third-order valence-electron chi connectivity index (χ3n) is 6.57. The lowest BCUT2D eigenvalue weighted by Gasteiger charge is -2.16. The summed E-state index contributed by atoms with van der Waals surface area (Å²) in [5.74, 6) is 0. The van der Waals surface area contributed by atoms with E-state index in [2.05, 4.69) is 122 Å². The predicted molar refractivity (Wildman–Crippen MR) is 133 cm³/mol. The summed E-state index contributed by atoms with van der Waals surface area (Å²) in [6.45, 7) is 0. The average molecular weight is 480 g/mol. The molecular formula is C29H24BrN2+. The number of hydrogen-bond acceptors (Lipinski definition) is 0. The molecule has 3 aromatic carbocycles. The molecule has 2 heterocycles. The molecule has 4 aliphatic carbocycles. The van der Waals surface area contributed by atoms with Crippen LogP contribution in [0.25, 0.3) is 22.3 Å². The summed E-state index contributed by atoms with van der Waals surface area (Å²) in [5, 5.41) is 0. The molecule has 0 N–H and O–H groups in total. The van der Waals surface area contributed by atoms with Gasteiger partial charge in [-0.3, -0.25) is 0 Å². The van der Waals surface area contributed by atoms with Crippen LogP contribution in [0.2, 0.25) is 0 Å². The first kappa shape index (κ1) is 19.5. The van der Waals surface area contributed by atoms with Crippen LogP contribution in [0.5, 0.6) is 0 Å². The molecule has 0 aliphatic heterocycles. The molecule has 0 saturated carbocycles. The lowest BCUT2D eigenvalue weighted by atomic mass is 9.90. The van der Waals surface area contributed by atoms with Crippen molar-refractivity contribution in [2.45, 2.75) is 25.7 Å². The van der Waals surface area contributed by atoms with E-state index in [0.717, 1.165) is 30.3 Å². The maximum atomic E-state index is 3.68. The number of imidazole rings is 1. The van der Waals surface area contributed by atoms with E-state index in [9.17, 15) is 0 Å². The minimum atomic E-state index is 1.01. The lowest BCUT2D eigenvalue weighted by molar-refractivity contribution is -0.594. The van der Waals surface area contributed by atoms with Gasteiger partial charge in [0.2, 0.25) is 0 Å². The highest BCUT2D eigenvalue weighted by Gasteiger charge is 2.17. The van der Waals surface area contributed by atoms with Crippen LogP contribution < -0.4 is 4.57 Å². The van der Waals surface area contributed by atoms with Crippen LogP contribution in [0.3, 0.4) is 0 Å². The van der Waals surface area contributed by atoms with Crippen molar-refractivity contribution in [3.05, 3.63) is 124 Å². The van der Waals surface area contributed by atoms with Crippen LogP contribution in [0.1, 0.15) is 22.3 Å². The molecule has 0 unspecified atom stereocenters. The van der Waals surface area contributed by atoms with Gasteiger partial charge in [-0.15, -0.1) is 0 Å². The molecule has 4 bridgehead atoms. The van der Waals surface area contributed by atoms with Gasteiger partial charge in [0.05, 0.1) is 0 Å². The van der Waals surface area contributed by atoms with Crippen molar-refractivity contribution in [2.75, 3.05) is 0 Å². The predicted octanol–water partition coefficient (Wildman–Crippen LogP) is 6.53. The molecule has 0 amide bonds. The minimum absolute atomic E-state index is 1.01. The molecule has 0 spiro atoms. The van der Waals surface area contributed by atoms with Gasteiger partial charge in [-0.25, -0.2) is 4.57 Å². The number of aromatic nitrogens is 2. The van der Waals surface area contributed by atoms with Gasteiger partial charge in [-0.05, 0) is 93.2 Å². The first-order valence-corrected chi connectivity index (χ1v) is 12.0. The number of rotatable bonds is 2. The van der Waals surface area contributed by atoms with Gasteiger partial charge in [0, 0.05) is 0 Å². The Hall–Kier alpha value is -3.17. The summed E-state index contributed by atoms with van der Waals surface area (Å²) in [4.78, 5) is 0. The highest BCUT2D eigenvalue weighted by molar-refractivity contribution is 9.10. The largest absolute Gasteiger partial charge is 0.255 e. The van der Waals surface area contributed by atoms with E-state index >= 15 is 0 Å². The van der Waals surface area contributed by atoms with Crippen LogP contribution in [-0.2, 0) is 25.7 Å². The van der Waals surface area contributed by atoms with E-state index < -0.39 is 0 Å². The molecule has 4 aliphatic rings. The Morgan fingerprint density at radius 3 is 2.25 bits per heavy atom. The Bertz CT molecular complexity index is 1430. The first-order valence-electron chi connectivity index (χ1n) is 11.2. The number of benzene rings is 3. The van der Waals surface area contributed by atoms with Crippen LogP contribution in [0, 0.1) is 0 Å². The van der Waals surface area contributed by atoms with Crippen molar-refractivity contribution in [3.8, 4) is 16.8 Å². The van der Waals surface area contributed by atoms with Gasteiger partial charge < -0.3 is 0 Å². The summed E-state index contributed by atoms with van der Waals surface area (Å²) in [6.07, 6.45) is 8.52. The van der Waals surface area contributed by atoms with Crippen molar-refractivity contribution in [2.24, 2.45) is 0 Å². The third kappa shape index (κ3) is 3.57. The molecule has 5 aromatic rings. The molecular weight excluding hydrogens is 456 g/mol. The molecule has 0 saturated heterocycles. The number of aryl methyl sites for hydroxylation is 4. The van der Waals surface area contributed by atoms with Crippen LogP contribution >= 0.6 is 15.9 Å². The van der Waals surface area contributed by atoms with E-state index in [1.807, 2.05) is 0 Å². The normalized spacial score (nSPS) is 13.3. The van der Waals surface area contributed by atoms with Crippen molar-refractivity contribution < 1.29 is 4.57 Å². The molecule has 2 aromatic heterocycles. The summed E-state index contributed by atoms with van der Waals surface area (Å²) in [5.41, 5.74) is 10.8. The molecule has 0 atom stereocenters. The summed E-state index contributed by atoms with van der Waals surface area (Å²) in [7, 11) is 0. The fourth-order valence-corrected chi connectivity index (χ4v) is 5.28. The fraction of sp³-hybridized carbons (Fsp3) is 0.138. The second-order valence-electron chi connectivity index (χ2n) is 8.62. The Labute approximate surface area is 196 Å². The SMILES string of the molecule is Brc1cccc2c[n+](-c3cc4ccc3CCc3ccc(cc3-c3ccccc3)CC4)cn12. The van der Waals surface area contributed by atoms with Crippen molar-refractivity contribution in [1.29, 1.82) is 0 Å². The molecule has 32 heavy (non-hydrogen) atoms. The monoisotopic (exact) mass is 479 g/mol. The van der Waals surface area contributed by atoms with E-state index in [-0.39, 0.29) is 0 Å². The number of fused-ring (bicyclic) bond motifs is 1. The fourth-order valence-electron chi connectivity index (χ4n) is 4.83. The van der Waals surface area contributed by atoms with Gasteiger partial charge in [-0.1, -0.05) is 66.7 Å². The standard InChI is InChI=1S/C29H24BrN2/c30-29-8-4-7-26-19-31(20-32(26)29)28-18-22-10-9-21-11-13-24(15-16-25(28)14-12-22)27(17-21)23-5-2-1-3-6-23/h1-8,11-14,17-20H,9-10,15-16H2/q+1. The van der Waals surface area contributed by atoms with Gasteiger partial charge in [-0.2, -0.15) is 4.40 Å². The maximum Gasteiger partial charge on any atom is 0.255 e. The van der Waals surface area contributed by atoms with Crippen molar-refractivity contribution in [3.63, 3.8) is 0 Å². The zero-order valence-corrected chi connectivity index (χ0v) is 19.4. The minimum Gasteiger partial charge on any atom is -0.201 e. The second-order valence-corrected chi connectivity index (χ2v) is 9.43. The van der Waals surface area contributed by atoms with E-state index in [0.29, 0.717) is 0 Å². The van der Waals surface area contributed by atoms with E-state index in [1.54, 1.807) is 0 Å². The van der Waals surface area contributed by atoms with Crippen LogP contribution in [0.4, 0.5) is 0 Å². The average Bonchev–Trinajstić information content (AvgIpc) is 3.27. The van der Waals surface area contributed by atoms with Gasteiger partial charge in [0.25, 0.3) is 6.33 Å². The smallest absolute Gasteiger partial charge is 0.201 e. The van der Waals surface area contributed by atoms with E-state index in [4.69, 9.17) is 0 Å². The number of halogens is 1. The Kier molecular flexibility index (Phi) is 4.92. The van der Waals surface area contributed by atoms with Crippen molar-refractivity contribution in [1.82, 2.24) is 4.40 Å². The molecule has 3 heteroatoms. The highest BCUT2D eigenvalue weighted by Crippen LogP contribution is 2.28. The Balaban J connectivity index is 1.45. The Morgan fingerprint density at radius 1 is 0.688 bits per heavy atom. The summed E-state index contributed by atoms with van der Waals surface area (Å²) < 4.78 is 5.53. The topological polar surface area (TPSA) is 8.29 Å². The second kappa shape index (κ2) is 8.07.